The number of aliphatic hydroxyl groups excluding tert-OH is 1. The Kier molecular flexibility index (Phi) is 7.94. The minimum Gasteiger partial charge on any atom is -0.491 e. The highest BCUT2D eigenvalue weighted by atomic mass is 16.6. The van der Waals surface area contributed by atoms with E-state index in [0.29, 0.717) is 36.6 Å². The van der Waals surface area contributed by atoms with Gasteiger partial charge in [0.05, 0.1) is 12.6 Å². The predicted octanol–water partition coefficient (Wildman–Crippen LogP) is 3.50. The van der Waals surface area contributed by atoms with Gasteiger partial charge in [-0.25, -0.2) is 4.79 Å². The van der Waals surface area contributed by atoms with Gasteiger partial charge in [-0.15, -0.1) is 0 Å². The van der Waals surface area contributed by atoms with Crippen LogP contribution in [-0.2, 0) is 4.74 Å². The molecule has 0 aromatic heterocycles. The standard InChI is InChI=1S/C25H33N3O5/c1-17-15-20(32-14-13-29)9-10-21(17)27-23(30)19-7-5-18(6-8-19)22-16-26-11-12-28(22)24(31)33-25(2,3)4/h5-10,15,22,26,29H,11-14,16H2,1-4H3,(H,27,30). The van der Waals surface area contributed by atoms with Crippen LogP contribution in [0.1, 0.15) is 48.3 Å². The summed E-state index contributed by atoms with van der Waals surface area (Å²) in [6.45, 7) is 9.49. The fourth-order valence-corrected chi connectivity index (χ4v) is 3.62. The zero-order valence-electron chi connectivity index (χ0n) is 19.7. The van der Waals surface area contributed by atoms with Crippen LogP contribution in [0.15, 0.2) is 42.5 Å². The molecule has 1 atom stereocenters. The molecule has 1 unspecified atom stereocenters. The largest absolute Gasteiger partial charge is 0.491 e. The molecule has 1 aliphatic heterocycles. The highest BCUT2D eigenvalue weighted by Gasteiger charge is 2.31. The van der Waals surface area contributed by atoms with Crippen LogP contribution in [-0.4, -0.2) is 60.5 Å². The zero-order valence-corrected chi connectivity index (χ0v) is 19.7. The number of piperazine rings is 1. The van der Waals surface area contributed by atoms with Gasteiger partial charge in [-0.3, -0.25) is 9.69 Å². The summed E-state index contributed by atoms with van der Waals surface area (Å²) in [5, 5.41) is 15.1. The molecule has 2 aromatic rings. The summed E-state index contributed by atoms with van der Waals surface area (Å²) in [6, 6.07) is 12.5. The third kappa shape index (κ3) is 6.69. The number of ether oxygens (including phenoxy) is 2. The first-order valence-corrected chi connectivity index (χ1v) is 11.1. The summed E-state index contributed by atoms with van der Waals surface area (Å²) in [6.07, 6.45) is -0.335. The Bertz CT molecular complexity index is 969. The first-order valence-electron chi connectivity index (χ1n) is 11.1. The fourth-order valence-electron chi connectivity index (χ4n) is 3.62. The minimum atomic E-state index is -0.560. The SMILES string of the molecule is Cc1cc(OCCO)ccc1NC(=O)c1ccc(C2CNCCN2C(=O)OC(C)(C)C)cc1. The van der Waals surface area contributed by atoms with Crippen molar-refractivity contribution in [2.24, 2.45) is 0 Å². The molecule has 1 fully saturated rings. The van der Waals surface area contributed by atoms with E-state index in [2.05, 4.69) is 10.6 Å². The number of nitrogens with zero attached hydrogens (tertiary/aromatic N) is 1. The van der Waals surface area contributed by atoms with Crippen LogP contribution in [0.5, 0.6) is 5.75 Å². The molecule has 2 amide bonds. The Morgan fingerprint density at radius 2 is 1.91 bits per heavy atom. The van der Waals surface area contributed by atoms with Crippen LogP contribution in [0, 0.1) is 6.92 Å². The molecule has 0 spiro atoms. The Balaban J connectivity index is 1.68. The number of amides is 2. The second kappa shape index (κ2) is 10.7. The highest BCUT2D eigenvalue weighted by Crippen LogP contribution is 2.26. The second-order valence-electron chi connectivity index (χ2n) is 9.02. The van der Waals surface area contributed by atoms with Crippen LogP contribution in [0.25, 0.3) is 0 Å². The van der Waals surface area contributed by atoms with Gasteiger partial charge in [0.15, 0.2) is 0 Å². The number of benzene rings is 2. The van der Waals surface area contributed by atoms with Crippen LogP contribution in [0.2, 0.25) is 0 Å². The van der Waals surface area contributed by atoms with E-state index in [-0.39, 0.29) is 31.3 Å². The van der Waals surface area contributed by atoms with Crippen molar-refractivity contribution in [2.45, 2.75) is 39.3 Å². The van der Waals surface area contributed by atoms with Crippen LogP contribution < -0.4 is 15.4 Å². The number of aliphatic hydroxyl groups is 1. The van der Waals surface area contributed by atoms with Gasteiger partial charge in [-0.1, -0.05) is 12.1 Å². The quantitative estimate of drug-likeness (QED) is 0.617. The van der Waals surface area contributed by atoms with E-state index in [1.807, 2.05) is 45.9 Å². The van der Waals surface area contributed by atoms with E-state index >= 15 is 0 Å². The Hall–Kier alpha value is -3.10. The molecule has 1 aliphatic rings. The van der Waals surface area contributed by atoms with Crippen molar-refractivity contribution < 1.29 is 24.2 Å². The summed E-state index contributed by atoms with van der Waals surface area (Å²) < 4.78 is 11.0. The summed E-state index contributed by atoms with van der Waals surface area (Å²) in [5.74, 6) is 0.416. The summed E-state index contributed by atoms with van der Waals surface area (Å²) in [7, 11) is 0. The molecule has 0 bridgehead atoms. The van der Waals surface area contributed by atoms with Gasteiger partial charge in [0.25, 0.3) is 5.91 Å². The molecule has 1 heterocycles. The molecule has 0 saturated carbocycles. The molecular formula is C25H33N3O5. The van der Waals surface area contributed by atoms with Gasteiger partial charge >= 0.3 is 6.09 Å². The highest BCUT2D eigenvalue weighted by molar-refractivity contribution is 6.04. The zero-order chi connectivity index (χ0) is 24.0. The lowest BCUT2D eigenvalue weighted by Crippen LogP contribution is -2.50. The number of nitrogens with one attached hydrogen (secondary N) is 2. The van der Waals surface area contributed by atoms with E-state index in [9.17, 15) is 9.59 Å². The second-order valence-corrected chi connectivity index (χ2v) is 9.02. The minimum absolute atomic E-state index is 0.0556. The van der Waals surface area contributed by atoms with Crippen molar-refractivity contribution in [3.8, 4) is 5.75 Å². The lowest BCUT2D eigenvalue weighted by atomic mass is 10.0. The van der Waals surface area contributed by atoms with E-state index in [1.54, 1.807) is 29.2 Å². The third-order valence-corrected chi connectivity index (χ3v) is 5.24. The Morgan fingerprint density at radius 1 is 1.18 bits per heavy atom. The molecule has 0 radical (unpaired) electrons. The van der Waals surface area contributed by atoms with Gasteiger partial charge in [-0.2, -0.15) is 0 Å². The van der Waals surface area contributed by atoms with E-state index in [4.69, 9.17) is 14.6 Å². The first-order chi connectivity index (χ1) is 15.7. The Morgan fingerprint density at radius 3 is 2.55 bits per heavy atom. The molecule has 3 N–H and O–H groups in total. The molecule has 8 heteroatoms. The monoisotopic (exact) mass is 455 g/mol. The van der Waals surface area contributed by atoms with Gasteiger partial charge < -0.3 is 25.2 Å². The van der Waals surface area contributed by atoms with Gasteiger partial charge in [0.2, 0.25) is 0 Å². The number of aryl methyl sites for hydroxylation is 1. The van der Waals surface area contributed by atoms with Crippen LogP contribution in [0.3, 0.4) is 0 Å². The number of hydrogen-bond acceptors (Lipinski definition) is 6. The summed E-state index contributed by atoms with van der Waals surface area (Å²) in [4.78, 5) is 27.2. The lowest BCUT2D eigenvalue weighted by Gasteiger charge is -2.37. The molecular weight excluding hydrogens is 422 g/mol. The van der Waals surface area contributed by atoms with Crippen molar-refractivity contribution in [3.05, 3.63) is 59.2 Å². The van der Waals surface area contributed by atoms with Gasteiger partial charge in [0, 0.05) is 30.9 Å². The van der Waals surface area contributed by atoms with Gasteiger partial charge in [0.1, 0.15) is 18.0 Å². The summed E-state index contributed by atoms with van der Waals surface area (Å²) >= 11 is 0. The van der Waals surface area contributed by atoms with E-state index < -0.39 is 5.60 Å². The average molecular weight is 456 g/mol. The molecule has 8 nitrogen and oxygen atoms in total. The van der Waals surface area contributed by atoms with Gasteiger partial charge in [-0.05, 0) is 69.2 Å². The smallest absolute Gasteiger partial charge is 0.410 e. The number of carbonyl (C=O) groups is 2. The van der Waals surface area contributed by atoms with E-state index in [1.165, 1.54) is 0 Å². The van der Waals surface area contributed by atoms with Crippen molar-refractivity contribution in [1.82, 2.24) is 10.2 Å². The number of anilines is 1. The molecule has 0 aliphatic carbocycles. The molecule has 1 saturated heterocycles. The average Bonchev–Trinajstić information content (AvgIpc) is 2.78. The van der Waals surface area contributed by atoms with E-state index in [0.717, 1.165) is 11.1 Å². The van der Waals surface area contributed by atoms with Crippen molar-refractivity contribution in [1.29, 1.82) is 0 Å². The van der Waals surface area contributed by atoms with Crippen molar-refractivity contribution in [2.75, 3.05) is 38.2 Å². The fraction of sp³-hybridized carbons (Fsp3) is 0.440. The normalized spacial score (nSPS) is 16.3. The molecule has 3 rings (SSSR count). The van der Waals surface area contributed by atoms with Crippen LogP contribution >= 0.6 is 0 Å². The first kappa shape index (κ1) is 24.5. The van der Waals surface area contributed by atoms with Crippen LogP contribution in [0.4, 0.5) is 10.5 Å². The summed E-state index contributed by atoms with van der Waals surface area (Å²) in [5.41, 5.74) is 2.44. The maximum Gasteiger partial charge on any atom is 0.410 e. The lowest BCUT2D eigenvalue weighted by molar-refractivity contribution is 0.0118. The maximum absolute atomic E-state index is 12.8. The molecule has 2 aromatic carbocycles. The molecule has 33 heavy (non-hydrogen) atoms. The van der Waals surface area contributed by atoms with Crippen molar-refractivity contribution in [3.63, 3.8) is 0 Å². The third-order valence-electron chi connectivity index (χ3n) is 5.24. The Labute approximate surface area is 194 Å². The number of hydrogen-bond donors (Lipinski definition) is 3. The predicted molar refractivity (Wildman–Crippen MR) is 127 cm³/mol. The maximum atomic E-state index is 12.8. The number of carbonyl (C=O) groups excluding carboxylic acids is 2. The number of rotatable bonds is 6. The van der Waals surface area contributed by atoms with Crippen molar-refractivity contribution >= 4 is 17.7 Å². The topological polar surface area (TPSA) is 100 Å². The molecule has 178 valence electrons.